The van der Waals surface area contributed by atoms with E-state index in [2.05, 4.69) is 4.74 Å². The van der Waals surface area contributed by atoms with Gasteiger partial charge in [0.15, 0.2) is 0 Å². The van der Waals surface area contributed by atoms with Crippen molar-refractivity contribution in [3.8, 4) is 0 Å². The van der Waals surface area contributed by atoms with Gasteiger partial charge >= 0.3 is 5.97 Å². The van der Waals surface area contributed by atoms with Crippen LogP contribution in [0.3, 0.4) is 0 Å². The molecule has 0 fully saturated rings. The van der Waals surface area contributed by atoms with E-state index >= 15 is 0 Å². The molecule has 0 heterocycles. The van der Waals surface area contributed by atoms with Crippen LogP contribution in [0, 0.1) is 5.92 Å². The monoisotopic (exact) mass is 216 g/mol. The minimum Gasteiger partial charge on any atom is -0.468 e. The summed E-state index contributed by atoms with van der Waals surface area (Å²) >= 11 is 0. The van der Waals surface area contributed by atoms with E-state index in [0.717, 1.165) is 12.8 Å². The first-order valence-electron chi connectivity index (χ1n) is 5.08. The van der Waals surface area contributed by atoms with Gasteiger partial charge in [-0.05, 0) is 6.42 Å². The molecule has 88 valence electrons. The van der Waals surface area contributed by atoms with Gasteiger partial charge in [0.25, 0.3) is 0 Å². The van der Waals surface area contributed by atoms with Crippen molar-refractivity contribution in [2.24, 2.45) is 11.7 Å². The van der Waals surface area contributed by atoms with Gasteiger partial charge in [-0.3, -0.25) is 9.59 Å². The van der Waals surface area contributed by atoms with Crippen molar-refractivity contribution < 1.29 is 14.3 Å². The molecule has 0 aromatic heterocycles. The second-order valence-electron chi connectivity index (χ2n) is 3.49. The van der Waals surface area contributed by atoms with E-state index in [1.165, 1.54) is 12.0 Å². The molecule has 0 rings (SSSR count). The molecule has 0 bridgehead atoms. The molecule has 2 N–H and O–H groups in total. The number of hydrogen-bond acceptors (Lipinski definition) is 4. The molecular formula is C10H20N2O3. The lowest BCUT2D eigenvalue weighted by Gasteiger charge is -2.21. The first-order valence-corrected chi connectivity index (χ1v) is 5.08. The Balaban J connectivity index is 4.21. The van der Waals surface area contributed by atoms with Crippen LogP contribution >= 0.6 is 0 Å². The average molecular weight is 216 g/mol. The number of esters is 1. The summed E-state index contributed by atoms with van der Waals surface area (Å²) in [7, 11) is 2.88. The van der Waals surface area contributed by atoms with Crippen LogP contribution in [-0.4, -0.2) is 44.0 Å². The Morgan fingerprint density at radius 2 is 2.07 bits per heavy atom. The first kappa shape index (κ1) is 13.9. The Bertz CT molecular complexity index is 219. The molecule has 1 amide bonds. The maximum absolute atomic E-state index is 11.8. The zero-order valence-electron chi connectivity index (χ0n) is 9.66. The van der Waals surface area contributed by atoms with Gasteiger partial charge in [0.1, 0.15) is 6.54 Å². The fourth-order valence-electron chi connectivity index (χ4n) is 1.34. The second kappa shape index (κ2) is 7.23. The topological polar surface area (TPSA) is 72.6 Å². The highest BCUT2D eigenvalue weighted by molar-refractivity contribution is 5.83. The van der Waals surface area contributed by atoms with E-state index in [0.29, 0.717) is 6.54 Å². The Kier molecular flexibility index (Phi) is 6.70. The normalized spacial score (nSPS) is 12.0. The van der Waals surface area contributed by atoms with E-state index in [1.54, 1.807) is 7.05 Å². The molecule has 0 radical (unpaired) electrons. The Morgan fingerprint density at radius 3 is 2.47 bits per heavy atom. The SMILES string of the molecule is CCCC(CN)C(=O)N(C)CC(=O)OC. The third-order valence-corrected chi connectivity index (χ3v) is 2.24. The number of carbonyl (C=O) groups is 2. The maximum atomic E-state index is 11.8. The predicted octanol–water partition coefficient (Wildman–Crippen LogP) is -0.00720. The predicted molar refractivity (Wildman–Crippen MR) is 57.1 cm³/mol. The van der Waals surface area contributed by atoms with Crippen LogP contribution in [-0.2, 0) is 14.3 Å². The summed E-state index contributed by atoms with van der Waals surface area (Å²) in [6.45, 7) is 2.30. The minimum absolute atomic E-state index is 0.0183. The lowest BCUT2D eigenvalue weighted by atomic mass is 10.0. The zero-order chi connectivity index (χ0) is 11.8. The molecule has 15 heavy (non-hydrogen) atoms. The maximum Gasteiger partial charge on any atom is 0.325 e. The second-order valence-corrected chi connectivity index (χ2v) is 3.49. The highest BCUT2D eigenvalue weighted by Crippen LogP contribution is 2.08. The van der Waals surface area contributed by atoms with E-state index in [1.807, 2.05) is 6.92 Å². The third kappa shape index (κ3) is 4.78. The van der Waals surface area contributed by atoms with Gasteiger partial charge in [0, 0.05) is 13.6 Å². The first-order chi connectivity index (χ1) is 7.06. The molecule has 5 nitrogen and oxygen atoms in total. The Hall–Kier alpha value is -1.10. The zero-order valence-corrected chi connectivity index (χ0v) is 9.66. The van der Waals surface area contributed by atoms with Gasteiger partial charge in [-0.2, -0.15) is 0 Å². The fourth-order valence-corrected chi connectivity index (χ4v) is 1.34. The summed E-state index contributed by atoms with van der Waals surface area (Å²) in [6.07, 6.45) is 1.65. The van der Waals surface area contributed by atoms with Crippen LogP contribution in [0.2, 0.25) is 0 Å². The number of nitrogens with two attached hydrogens (primary N) is 1. The van der Waals surface area contributed by atoms with Crippen molar-refractivity contribution in [1.82, 2.24) is 4.90 Å². The number of nitrogens with zero attached hydrogens (tertiary/aromatic N) is 1. The number of ether oxygens (including phenoxy) is 1. The Labute approximate surface area is 90.6 Å². The van der Waals surface area contributed by atoms with E-state index in [9.17, 15) is 9.59 Å². The van der Waals surface area contributed by atoms with Crippen molar-refractivity contribution in [1.29, 1.82) is 0 Å². The van der Waals surface area contributed by atoms with Crippen LogP contribution in [0.1, 0.15) is 19.8 Å². The van der Waals surface area contributed by atoms with Gasteiger partial charge < -0.3 is 15.4 Å². The number of amides is 1. The standard InChI is InChI=1S/C10H20N2O3/c1-4-5-8(6-11)10(14)12(2)7-9(13)15-3/h8H,4-7,11H2,1-3H3. The number of methoxy groups -OCH3 is 1. The van der Waals surface area contributed by atoms with Crippen LogP contribution in [0.25, 0.3) is 0 Å². The lowest BCUT2D eigenvalue weighted by molar-refractivity contribution is -0.147. The van der Waals surface area contributed by atoms with E-state index < -0.39 is 5.97 Å². The van der Waals surface area contributed by atoms with Gasteiger partial charge in [0.2, 0.25) is 5.91 Å². The number of carbonyl (C=O) groups excluding carboxylic acids is 2. The third-order valence-electron chi connectivity index (χ3n) is 2.24. The van der Waals surface area contributed by atoms with Crippen LogP contribution in [0.4, 0.5) is 0 Å². The summed E-state index contributed by atoms with van der Waals surface area (Å²) in [5.41, 5.74) is 5.50. The minimum atomic E-state index is -0.418. The number of hydrogen-bond donors (Lipinski definition) is 1. The van der Waals surface area contributed by atoms with Crippen molar-refractivity contribution in [2.45, 2.75) is 19.8 Å². The molecule has 0 aliphatic heterocycles. The summed E-state index contributed by atoms with van der Waals surface area (Å²) in [4.78, 5) is 24.1. The largest absolute Gasteiger partial charge is 0.468 e. The summed E-state index contributed by atoms with van der Waals surface area (Å²) in [6, 6.07) is 0. The van der Waals surface area contributed by atoms with Gasteiger partial charge in [-0.15, -0.1) is 0 Å². The average Bonchev–Trinajstić information content (AvgIpc) is 2.24. The molecule has 0 aromatic carbocycles. The molecule has 0 aromatic rings. The van der Waals surface area contributed by atoms with Crippen LogP contribution < -0.4 is 5.73 Å². The van der Waals surface area contributed by atoms with Gasteiger partial charge in [-0.1, -0.05) is 13.3 Å². The summed E-state index contributed by atoms with van der Waals surface area (Å²) in [5, 5.41) is 0. The molecule has 0 aliphatic carbocycles. The summed E-state index contributed by atoms with van der Waals surface area (Å²) in [5.74, 6) is -0.701. The van der Waals surface area contributed by atoms with Gasteiger partial charge in [-0.25, -0.2) is 0 Å². The van der Waals surface area contributed by atoms with Crippen molar-refractivity contribution in [3.63, 3.8) is 0 Å². The number of likely N-dealkylation sites (N-methyl/N-ethyl adjacent to an activating group) is 1. The molecular weight excluding hydrogens is 196 g/mol. The van der Waals surface area contributed by atoms with Crippen molar-refractivity contribution in [3.05, 3.63) is 0 Å². The fraction of sp³-hybridized carbons (Fsp3) is 0.800. The Morgan fingerprint density at radius 1 is 1.47 bits per heavy atom. The van der Waals surface area contributed by atoms with Crippen molar-refractivity contribution in [2.75, 3.05) is 27.2 Å². The van der Waals surface area contributed by atoms with Crippen molar-refractivity contribution >= 4 is 11.9 Å². The molecule has 0 saturated carbocycles. The smallest absolute Gasteiger partial charge is 0.325 e. The van der Waals surface area contributed by atoms with E-state index in [-0.39, 0.29) is 18.4 Å². The summed E-state index contributed by atoms with van der Waals surface area (Å²) < 4.78 is 4.48. The quantitative estimate of drug-likeness (QED) is 0.634. The number of rotatable bonds is 6. The molecule has 5 heteroatoms. The molecule has 0 saturated heterocycles. The molecule has 1 unspecified atom stereocenters. The highest BCUT2D eigenvalue weighted by atomic mass is 16.5. The van der Waals surface area contributed by atoms with Crippen LogP contribution in [0.5, 0.6) is 0 Å². The molecule has 0 aliphatic rings. The lowest BCUT2D eigenvalue weighted by Crippen LogP contribution is -2.39. The van der Waals surface area contributed by atoms with E-state index in [4.69, 9.17) is 5.73 Å². The van der Waals surface area contributed by atoms with Crippen LogP contribution in [0.15, 0.2) is 0 Å². The van der Waals surface area contributed by atoms with Gasteiger partial charge in [0.05, 0.1) is 13.0 Å². The molecule has 0 spiro atoms. The molecule has 1 atom stereocenters. The highest BCUT2D eigenvalue weighted by Gasteiger charge is 2.21.